The predicted octanol–water partition coefficient (Wildman–Crippen LogP) is 2.12. The number of guanidine groups is 1. The molecule has 0 aromatic carbocycles. The molecule has 152 valence electrons. The first-order valence-corrected chi connectivity index (χ1v) is 9.00. The van der Waals surface area contributed by atoms with Gasteiger partial charge in [0.05, 0.1) is 5.54 Å². The number of alkyl carbamates (subject to hydrolysis) is 1. The van der Waals surface area contributed by atoms with Gasteiger partial charge in [0, 0.05) is 40.4 Å². The van der Waals surface area contributed by atoms with Crippen molar-refractivity contribution in [1.82, 2.24) is 20.9 Å². The molecule has 0 saturated heterocycles. The molecule has 0 radical (unpaired) electrons. The molecule has 0 aliphatic carbocycles. The summed E-state index contributed by atoms with van der Waals surface area (Å²) in [6.07, 6.45) is 1.35. The number of nitrogens with one attached hydrogen (secondary N) is 3. The van der Waals surface area contributed by atoms with E-state index in [0.29, 0.717) is 19.0 Å². The molecule has 3 N–H and O–H groups in total. The van der Waals surface area contributed by atoms with Crippen LogP contribution in [0.2, 0.25) is 0 Å². The second-order valence-electron chi connectivity index (χ2n) is 8.21. The Kier molecular flexibility index (Phi) is 7.87. The summed E-state index contributed by atoms with van der Waals surface area (Å²) < 4.78 is 5.31. The van der Waals surface area contributed by atoms with Gasteiger partial charge in [0.1, 0.15) is 11.4 Å². The summed E-state index contributed by atoms with van der Waals surface area (Å²) in [6, 6.07) is 3.98. The van der Waals surface area contributed by atoms with Gasteiger partial charge in [-0.3, -0.25) is 4.99 Å². The van der Waals surface area contributed by atoms with E-state index in [1.807, 2.05) is 65.7 Å². The highest BCUT2D eigenvalue weighted by Gasteiger charge is 2.24. The average Bonchev–Trinajstić information content (AvgIpc) is 2.52. The molecule has 27 heavy (non-hydrogen) atoms. The molecule has 0 saturated carbocycles. The number of nitrogens with zero attached hydrogens (tertiary/aromatic N) is 3. The summed E-state index contributed by atoms with van der Waals surface area (Å²) in [5.74, 6) is 1.55. The Morgan fingerprint density at radius 3 is 2.44 bits per heavy atom. The lowest BCUT2D eigenvalue weighted by Gasteiger charge is -2.29. The topological polar surface area (TPSA) is 90.9 Å². The largest absolute Gasteiger partial charge is 0.444 e. The van der Waals surface area contributed by atoms with Gasteiger partial charge >= 0.3 is 6.09 Å². The summed E-state index contributed by atoms with van der Waals surface area (Å²) in [6.45, 7) is 10.5. The maximum atomic E-state index is 12.0. The van der Waals surface area contributed by atoms with Gasteiger partial charge in [0.2, 0.25) is 0 Å². The van der Waals surface area contributed by atoms with Crippen LogP contribution >= 0.6 is 0 Å². The Morgan fingerprint density at radius 1 is 1.22 bits per heavy atom. The first kappa shape index (κ1) is 22.5. The van der Waals surface area contributed by atoms with E-state index in [4.69, 9.17) is 4.74 Å². The molecule has 0 bridgehead atoms. The molecule has 1 heterocycles. The molecule has 1 amide bonds. The second kappa shape index (κ2) is 9.43. The normalized spacial score (nSPS) is 12.4. The molecular weight excluding hydrogens is 344 g/mol. The van der Waals surface area contributed by atoms with Gasteiger partial charge in [-0.2, -0.15) is 0 Å². The summed E-state index contributed by atoms with van der Waals surface area (Å²) in [5, 5.41) is 9.36. The lowest BCUT2D eigenvalue weighted by Crippen LogP contribution is -2.54. The minimum absolute atomic E-state index is 0.440. The maximum Gasteiger partial charge on any atom is 0.408 e. The third-order valence-corrected chi connectivity index (χ3v) is 3.49. The number of aromatic nitrogens is 1. The Hall–Kier alpha value is -2.51. The predicted molar refractivity (Wildman–Crippen MR) is 110 cm³/mol. The third kappa shape index (κ3) is 9.12. The zero-order valence-electron chi connectivity index (χ0n) is 17.8. The molecular formula is C19H34N6O2. The van der Waals surface area contributed by atoms with E-state index < -0.39 is 17.2 Å². The number of amides is 1. The highest BCUT2D eigenvalue weighted by atomic mass is 16.6. The number of hydrogen-bond acceptors (Lipinski definition) is 5. The van der Waals surface area contributed by atoms with E-state index in [9.17, 15) is 4.79 Å². The number of carbonyl (C=O) groups is 1. The molecule has 8 heteroatoms. The molecule has 1 rings (SSSR count). The zero-order chi connectivity index (χ0) is 20.7. The van der Waals surface area contributed by atoms with Crippen LogP contribution in [0.3, 0.4) is 0 Å². The van der Waals surface area contributed by atoms with Gasteiger partial charge in [-0.15, -0.1) is 0 Å². The minimum Gasteiger partial charge on any atom is -0.444 e. The van der Waals surface area contributed by atoms with Gasteiger partial charge in [-0.05, 0) is 52.3 Å². The van der Waals surface area contributed by atoms with Crippen molar-refractivity contribution in [2.24, 2.45) is 4.99 Å². The lowest BCUT2D eigenvalue weighted by atomic mass is 10.1. The van der Waals surface area contributed by atoms with Crippen LogP contribution in [-0.4, -0.2) is 55.9 Å². The van der Waals surface area contributed by atoms with Crippen LogP contribution in [0.4, 0.5) is 10.6 Å². The van der Waals surface area contributed by atoms with E-state index in [1.54, 1.807) is 13.2 Å². The van der Waals surface area contributed by atoms with Crippen LogP contribution in [0.15, 0.2) is 23.3 Å². The van der Waals surface area contributed by atoms with E-state index in [1.165, 1.54) is 0 Å². The highest BCUT2D eigenvalue weighted by molar-refractivity contribution is 5.79. The first-order chi connectivity index (χ1) is 12.4. The molecule has 8 nitrogen and oxygen atoms in total. The van der Waals surface area contributed by atoms with Crippen LogP contribution in [0.5, 0.6) is 0 Å². The summed E-state index contributed by atoms with van der Waals surface area (Å²) in [5.41, 5.74) is 0.0679. The van der Waals surface area contributed by atoms with Crippen molar-refractivity contribution in [3.05, 3.63) is 23.9 Å². The van der Waals surface area contributed by atoms with Gasteiger partial charge < -0.3 is 25.6 Å². The number of pyridine rings is 1. The smallest absolute Gasteiger partial charge is 0.408 e. The molecule has 1 aromatic rings. The molecule has 1 aromatic heterocycles. The van der Waals surface area contributed by atoms with Crippen molar-refractivity contribution in [3.8, 4) is 0 Å². The fraction of sp³-hybridized carbons (Fsp3) is 0.632. The van der Waals surface area contributed by atoms with Gasteiger partial charge in [0.25, 0.3) is 0 Å². The van der Waals surface area contributed by atoms with E-state index >= 15 is 0 Å². The number of rotatable bonds is 6. The lowest BCUT2D eigenvalue weighted by molar-refractivity contribution is 0.0474. The SMILES string of the molecule is CN=C(NCc1ccnc(N(C)C)c1)NCC(C)(C)NC(=O)OC(C)(C)C. The number of anilines is 1. The molecule has 0 atom stereocenters. The van der Waals surface area contributed by atoms with Crippen molar-refractivity contribution in [1.29, 1.82) is 0 Å². The quantitative estimate of drug-likeness (QED) is 0.519. The molecule has 0 fully saturated rings. The fourth-order valence-electron chi connectivity index (χ4n) is 2.15. The summed E-state index contributed by atoms with van der Waals surface area (Å²) >= 11 is 0. The van der Waals surface area contributed by atoms with Crippen LogP contribution in [0.1, 0.15) is 40.2 Å². The number of carbonyl (C=O) groups excluding carboxylic acids is 1. The maximum absolute atomic E-state index is 12.0. The monoisotopic (exact) mass is 378 g/mol. The molecule has 0 aliphatic rings. The van der Waals surface area contributed by atoms with Crippen LogP contribution in [0, 0.1) is 0 Å². The van der Waals surface area contributed by atoms with Crippen LogP contribution in [0.25, 0.3) is 0 Å². The van der Waals surface area contributed by atoms with Gasteiger partial charge in [0.15, 0.2) is 5.96 Å². The summed E-state index contributed by atoms with van der Waals surface area (Å²) in [7, 11) is 5.63. The van der Waals surface area contributed by atoms with E-state index in [0.717, 1.165) is 11.4 Å². The van der Waals surface area contributed by atoms with Gasteiger partial charge in [-0.1, -0.05) is 0 Å². The number of aliphatic imine (C=N–C) groups is 1. The second-order valence-corrected chi connectivity index (χ2v) is 8.21. The van der Waals surface area contributed by atoms with E-state index in [-0.39, 0.29) is 0 Å². The van der Waals surface area contributed by atoms with Crippen molar-refractivity contribution in [2.45, 2.75) is 52.3 Å². The van der Waals surface area contributed by atoms with Crippen LogP contribution in [-0.2, 0) is 11.3 Å². The molecule has 0 spiro atoms. The Bertz CT molecular complexity index is 650. The Balaban J connectivity index is 2.54. The number of hydrogen-bond donors (Lipinski definition) is 3. The Morgan fingerprint density at radius 2 is 1.89 bits per heavy atom. The van der Waals surface area contributed by atoms with Gasteiger partial charge in [-0.25, -0.2) is 9.78 Å². The molecule has 0 aliphatic heterocycles. The standard InChI is InChI=1S/C19H34N6O2/c1-18(2,3)27-17(26)24-19(4,5)13-23-16(20-6)22-12-14-9-10-21-15(11-14)25(7)8/h9-11H,12-13H2,1-8H3,(H,24,26)(H2,20,22,23). The minimum atomic E-state index is -0.527. The summed E-state index contributed by atoms with van der Waals surface area (Å²) in [4.78, 5) is 22.5. The van der Waals surface area contributed by atoms with Crippen molar-refractivity contribution < 1.29 is 9.53 Å². The Labute approximate surface area is 162 Å². The number of ether oxygens (including phenoxy) is 1. The van der Waals surface area contributed by atoms with E-state index in [2.05, 4.69) is 25.9 Å². The van der Waals surface area contributed by atoms with Crippen molar-refractivity contribution in [2.75, 3.05) is 32.6 Å². The fourth-order valence-corrected chi connectivity index (χ4v) is 2.15. The van der Waals surface area contributed by atoms with Crippen molar-refractivity contribution >= 4 is 17.9 Å². The highest BCUT2D eigenvalue weighted by Crippen LogP contribution is 2.10. The molecule has 0 unspecified atom stereocenters. The average molecular weight is 379 g/mol. The van der Waals surface area contributed by atoms with Crippen molar-refractivity contribution in [3.63, 3.8) is 0 Å². The van der Waals surface area contributed by atoms with Crippen LogP contribution < -0.4 is 20.9 Å². The first-order valence-electron chi connectivity index (χ1n) is 9.00. The zero-order valence-corrected chi connectivity index (χ0v) is 17.8. The third-order valence-electron chi connectivity index (χ3n) is 3.49.